The van der Waals surface area contributed by atoms with Crippen LogP contribution in [0.1, 0.15) is 36.0 Å². The van der Waals surface area contributed by atoms with Gasteiger partial charge >= 0.3 is 0 Å². The number of hydrogen-bond acceptors (Lipinski definition) is 7. The zero-order valence-corrected chi connectivity index (χ0v) is 20.4. The number of piperazine rings is 1. The fourth-order valence-corrected chi connectivity index (χ4v) is 6.20. The molecular formula is C23H31N3O5S2. The Kier molecular flexibility index (Phi) is 8.28. The molecule has 1 aliphatic rings. The Labute approximate surface area is 196 Å². The number of carbonyl (C=O) groups excluding carboxylic acids is 1. The van der Waals surface area contributed by atoms with Gasteiger partial charge in [0.15, 0.2) is 15.6 Å². The van der Waals surface area contributed by atoms with Gasteiger partial charge in [-0.2, -0.15) is 0 Å². The summed E-state index contributed by atoms with van der Waals surface area (Å²) >= 11 is 0. The number of hydrogen-bond donors (Lipinski definition) is 1. The van der Waals surface area contributed by atoms with Gasteiger partial charge in [-0.1, -0.05) is 30.7 Å². The van der Waals surface area contributed by atoms with Gasteiger partial charge in [0.2, 0.25) is 10.0 Å². The van der Waals surface area contributed by atoms with Crippen molar-refractivity contribution in [1.29, 1.82) is 0 Å². The lowest BCUT2D eigenvalue weighted by Gasteiger charge is -2.36. The van der Waals surface area contributed by atoms with Crippen LogP contribution in [0.25, 0.3) is 0 Å². The molecule has 3 rings (SSSR count). The van der Waals surface area contributed by atoms with Crippen LogP contribution in [0.2, 0.25) is 0 Å². The van der Waals surface area contributed by atoms with Gasteiger partial charge in [-0.15, -0.1) is 0 Å². The molecule has 2 aromatic carbocycles. The van der Waals surface area contributed by atoms with Gasteiger partial charge in [-0.3, -0.25) is 9.69 Å². The van der Waals surface area contributed by atoms with Crippen LogP contribution in [0.3, 0.4) is 0 Å². The maximum Gasteiger partial charge on any atom is 0.239 e. The molecule has 180 valence electrons. The Morgan fingerprint density at radius 1 is 0.879 bits per heavy atom. The molecule has 1 fully saturated rings. The van der Waals surface area contributed by atoms with Crippen molar-refractivity contribution >= 4 is 31.3 Å². The highest BCUT2D eigenvalue weighted by Gasteiger charge is 2.23. The van der Waals surface area contributed by atoms with Crippen molar-refractivity contribution < 1.29 is 21.6 Å². The molecule has 0 bridgehead atoms. The summed E-state index contributed by atoms with van der Waals surface area (Å²) in [6.45, 7) is 5.00. The summed E-state index contributed by atoms with van der Waals surface area (Å²) in [5.74, 6) is -0.226. The van der Waals surface area contributed by atoms with Crippen molar-refractivity contribution in [2.24, 2.45) is 5.14 Å². The highest BCUT2D eigenvalue weighted by atomic mass is 32.2. The molecule has 1 saturated heterocycles. The molecule has 0 unspecified atom stereocenters. The quantitative estimate of drug-likeness (QED) is 0.399. The first-order valence-electron chi connectivity index (χ1n) is 11.0. The van der Waals surface area contributed by atoms with E-state index in [0.29, 0.717) is 6.42 Å². The summed E-state index contributed by atoms with van der Waals surface area (Å²) in [4.78, 5) is 16.4. The normalized spacial score (nSPS) is 15.5. The highest BCUT2D eigenvalue weighted by molar-refractivity contribution is 7.93. The maximum absolute atomic E-state index is 12.5. The van der Waals surface area contributed by atoms with Crippen LogP contribution in [0.4, 0.5) is 5.69 Å². The van der Waals surface area contributed by atoms with Crippen LogP contribution in [-0.2, 0) is 19.9 Å². The van der Waals surface area contributed by atoms with Crippen molar-refractivity contribution in [3.63, 3.8) is 0 Å². The first-order valence-corrected chi connectivity index (χ1v) is 14.4. The number of Topliss-reactive ketones (excluding diaryl/α,β-unsaturated/α-hetero) is 1. The van der Waals surface area contributed by atoms with Crippen molar-refractivity contribution in [3.05, 3.63) is 54.1 Å². The number of ketones is 1. The number of sulfonamides is 1. The summed E-state index contributed by atoms with van der Waals surface area (Å²) in [7, 11) is -8.07. The molecule has 2 N–H and O–H groups in total. The van der Waals surface area contributed by atoms with Crippen LogP contribution < -0.4 is 10.0 Å². The molecule has 1 heterocycles. The van der Waals surface area contributed by atoms with Crippen molar-refractivity contribution in [2.75, 3.05) is 43.9 Å². The lowest BCUT2D eigenvalue weighted by molar-refractivity contribution is 0.0978. The fourth-order valence-electron chi connectivity index (χ4n) is 4.02. The van der Waals surface area contributed by atoms with E-state index < -0.39 is 29.7 Å². The number of anilines is 1. The molecule has 0 spiro atoms. The predicted molar refractivity (Wildman–Crippen MR) is 129 cm³/mol. The van der Waals surface area contributed by atoms with Crippen LogP contribution in [0, 0.1) is 0 Å². The van der Waals surface area contributed by atoms with E-state index in [4.69, 9.17) is 5.14 Å². The van der Waals surface area contributed by atoms with Gasteiger partial charge in [0, 0.05) is 50.1 Å². The van der Waals surface area contributed by atoms with Gasteiger partial charge in [0.25, 0.3) is 0 Å². The molecule has 2 aromatic rings. The van der Waals surface area contributed by atoms with E-state index >= 15 is 0 Å². The second-order valence-electron chi connectivity index (χ2n) is 8.38. The van der Waals surface area contributed by atoms with Gasteiger partial charge in [-0.25, -0.2) is 22.0 Å². The minimum Gasteiger partial charge on any atom is -0.369 e. The summed E-state index contributed by atoms with van der Waals surface area (Å²) in [6, 6.07) is 13.9. The zero-order valence-electron chi connectivity index (χ0n) is 18.8. The monoisotopic (exact) mass is 493 g/mol. The minimum absolute atomic E-state index is 0.156. The van der Waals surface area contributed by atoms with Gasteiger partial charge in [-0.05, 0) is 43.7 Å². The van der Waals surface area contributed by atoms with Crippen LogP contribution in [0.15, 0.2) is 58.3 Å². The Hall–Kier alpha value is -2.27. The van der Waals surface area contributed by atoms with E-state index in [2.05, 4.69) is 34.1 Å². The Bertz CT molecular complexity index is 1170. The lowest BCUT2D eigenvalue weighted by Crippen LogP contribution is -2.46. The molecule has 0 radical (unpaired) electrons. The Morgan fingerprint density at radius 2 is 1.55 bits per heavy atom. The topological polar surface area (TPSA) is 118 Å². The largest absolute Gasteiger partial charge is 0.369 e. The van der Waals surface area contributed by atoms with Crippen LogP contribution in [0.5, 0.6) is 0 Å². The SMILES string of the molecule is CS(=O)(=O)c1ccc(C(=O)CCCCCN2CCN(c3ccccc3)CC2)cc1S(N)(=O)=O. The molecule has 8 nitrogen and oxygen atoms in total. The molecule has 0 atom stereocenters. The van der Waals surface area contributed by atoms with Gasteiger partial charge in [0.05, 0.1) is 4.90 Å². The van der Waals surface area contributed by atoms with E-state index in [1.807, 2.05) is 6.07 Å². The first-order chi connectivity index (χ1) is 15.6. The summed E-state index contributed by atoms with van der Waals surface area (Å²) in [6.07, 6.45) is 3.72. The van der Waals surface area contributed by atoms with Crippen molar-refractivity contribution in [3.8, 4) is 0 Å². The van der Waals surface area contributed by atoms with E-state index in [0.717, 1.165) is 64.0 Å². The number of unbranched alkanes of at least 4 members (excludes halogenated alkanes) is 2. The predicted octanol–water partition coefficient (Wildman–Crippen LogP) is 2.30. The van der Waals surface area contributed by atoms with E-state index in [-0.39, 0.29) is 17.8 Å². The molecular weight excluding hydrogens is 462 g/mol. The third-order valence-electron chi connectivity index (χ3n) is 5.84. The van der Waals surface area contributed by atoms with E-state index in [1.165, 1.54) is 11.8 Å². The third-order valence-corrected chi connectivity index (χ3v) is 8.08. The second-order valence-corrected chi connectivity index (χ2v) is 11.9. The molecule has 33 heavy (non-hydrogen) atoms. The van der Waals surface area contributed by atoms with Crippen molar-refractivity contribution in [2.45, 2.75) is 35.5 Å². The fraction of sp³-hybridized carbons (Fsp3) is 0.435. The molecule has 10 heteroatoms. The maximum atomic E-state index is 12.5. The number of nitrogens with zero attached hydrogens (tertiary/aromatic N) is 2. The summed E-state index contributed by atoms with van der Waals surface area (Å²) in [5.41, 5.74) is 1.41. The van der Waals surface area contributed by atoms with E-state index in [1.54, 1.807) is 0 Å². The molecule has 0 saturated carbocycles. The number of carbonyl (C=O) groups is 1. The molecule has 1 aliphatic heterocycles. The second kappa shape index (κ2) is 10.8. The summed E-state index contributed by atoms with van der Waals surface area (Å²) < 4.78 is 47.3. The van der Waals surface area contributed by atoms with Gasteiger partial charge < -0.3 is 4.90 Å². The lowest BCUT2D eigenvalue weighted by atomic mass is 10.0. The van der Waals surface area contributed by atoms with Crippen LogP contribution in [-0.4, -0.2) is 66.5 Å². The third kappa shape index (κ3) is 7.10. The highest BCUT2D eigenvalue weighted by Crippen LogP contribution is 2.23. The van der Waals surface area contributed by atoms with E-state index in [9.17, 15) is 21.6 Å². The molecule has 0 aromatic heterocycles. The number of primary sulfonamides is 1. The average Bonchev–Trinajstić information content (AvgIpc) is 2.78. The number of nitrogens with two attached hydrogens (primary N) is 1. The number of benzene rings is 2. The Morgan fingerprint density at radius 3 is 2.15 bits per heavy atom. The zero-order chi connectivity index (χ0) is 24.1. The average molecular weight is 494 g/mol. The summed E-state index contributed by atoms with van der Waals surface area (Å²) in [5, 5.41) is 5.16. The smallest absolute Gasteiger partial charge is 0.239 e. The number of para-hydroxylation sites is 1. The number of sulfone groups is 1. The standard InChI is InChI=1S/C23H31N3O5S2/c1-32(28,29)22-12-11-19(18-23(22)33(24,30)31)21(27)10-6-3-7-13-25-14-16-26(17-15-25)20-8-4-2-5-9-20/h2,4-5,8-9,11-12,18H,3,6-7,10,13-17H2,1H3,(H2,24,30,31). The first kappa shape index (κ1) is 25.4. The van der Waals surface area contributed by atoms with Gasteiger partial charge in [0.1, 0.15) is 4.90 Å². The Balaban J connectivity index is 1.44. The minimum atomic E-state index is -4.28. The van der Waals surface area contributed by atoms with Crippen LogP contribution >= 0.6 is 0 Å². The van der Waals surface area contributed by atoms with Crippen molar-refractivity contribution in [1.82, 2.24) is 4.90 Å². The number of rotatable bonds is 10. The molecule has 0 aliphatic carbocycles. The molecule has 0 amide bonds.